The maximum atomic E-state index is 11.8. The van der Waals surface area contributed by atoms with Gasteiger partial charge in [0, 0.05) is 5.69 Å². The molecule has 0 unspecified atom stereocenters. The summed E-state index contributed by atoms with van der Waals surface area (Å²) < 4.78 is 18.8. The van der Waals surface area contributed by atoms with Crippen molar-refractivity contribution in [3.05, 3.63) is 47.4 Å². The molecule has 2 amide bonds. The Morgan fingerprint density at radius 3 is 1.90 bits per heavy atom. The van der Waals surface area contributed by atoms with Crippen molar-refractivity contribution < 1.29 is 48.3 Å². The minimum absolute atomic E-state index is 0.0960. The van der Waals surface area contributed by atoms with Crippen molar-refractivity contribution in [2.45, 2.75) is 6.92 Å². The number of anilines is 2. The molecule has 2 N–H and O–H groups in total. The average molecular weight is 434 g/mol. The first-order valence-corrected chi connectivity index (χ1v) is 8.93. The van der Waals surface area contributed by atoms with Crippen LogP contribution in [0.5, 0.6) is 0 Å². The monoisotopic (exact) mass is 434 g/mol. The maximum absolute atomic E-state index is 11.8. The van der Waals surface area contributed by atoms with Crippen LogP contribution >= 0.6 is 0 Å². The summed E-state index contributed by atoms with van der Waals surface area (Å²) in [6.07, 6.45) is -1.55. The Hall–Kier alpha value is -4.22. The standard InChI is InChI=1S/C19H18N2O10/c1-11-2-3-12(20(16(22)23)6-4-13-9-28-18(26)30-13)8-15(11)21(17(24)25)7-5-14-10-29-19(27)31-14/h2-5,8H,6-7,9-10H2,1H3,(H,22,23)(H,24,25)/b13-4-,14-5-. The Balaban J connectivity index is 1.85. The van der Waals surface area contributed by atoms with Crippen molar-refractivity contribution in [2.75, 3.05) is 36.1 Å². The molecule has 3 rings (SSSR count). The summed E-state index contributed by atoms with van der Waals surface area (Å²) >= 11 is 0. The maximum Gasteiger partial charge on any atom is 0.514 e. The largest absolute Gasteiger partial charge is 0.514 e. The Morgan fingerprint density at radius 2 is 1.45 bits per heavy atom. The van der Waals surface area contributed by atoms with Crippen molar-refractivity contribution in [2.24, 2.45) is 0 Å². The topological polar surface area (TPSA) is 152 Å². The molecule has 12 heteroatoms. The van der Waals surface area contributed by atoms with Gasteiger partial charge in [-0.1, -0.05) is 6.07 Å². The zero-order chi connectivity index (χ0) is 22.5. The van der Waals surface area contributed by atoms with Crippen molar-refractivity contribution in [1.29, 1.82) is 0 Å². The number of aryl methyl sites for hydroxylation is 1. The van der Waals surface area contributed by atoms with Crippen LogP contribution in [0, 0.1) is 6.92 Å². The molecule has 0 aliphatic carbocycles. The number of cyclic esters (lactones) is 4. The summed E-state index contributed by atoms with van der Waals surface area (Å²) in [4.78, 5) is 47.5. The summed E-state index contributed by atoms with van der Waals surface area (Å²) in [5, 5.41) is 19.2. The van der Waals surface area contributed by atoms with Crippen LogP contribution in [0.1, 0.15) is 5.56 Å². The van der Waals surface area contributed by atoms with Crippen molar-refractivity contribution >= 4 is 35.9 Å². The zero-order valence-electron chi connectivity index (χ0n) is 16.3. The predicted octanol–water partition coefficient (Wildman–Crippen LogP) is 3.07. The Bertz CT molecular complexity index is 984. The van der Waals surface area contributed by atoms with Crippen molar-refractivity contribution in [3.8, 4) is 0 Å². The molecule has 0 aromatic heterocycles. The third kappa shape index (κ3) is 5.23. The molecular weight excluding hydrogens is 416 g/mol. The number of hydrogen-bond acceptors (Lipinski definition) is 8. The summed E-state index contributed by atoms with van der Waals surface area (Å²) in [5.74, 6) is 0.355. The highest BCUT2D eigenvalue weighted by atomic mass is 16.8. The van der Waals surface area contributed by atoms with E-state index in [-0.39, 0.29) is 49.2 Å². The van der Waals surface area contributed by atoms with E-state index in [4.69, 9.17) is 9.47 Å². The lowest BCUT2D eigenvalue weighted by Crippen LogP contribution is -2.32. The fourth-order valence-corrected chi connectivity index (χ4v) is 2.81. The van der Waals surface area contributed by atoms with Gasteiger partial charge in [0.1, 0.15) is 11.5 Å². The van der Waals surface area contributed by atoms with Crippen LogP contribution < -0.4 is 9.80 Å². The lowest BCUT2D eigenvalue weighted by Gasteiger charge is -2.24. The van der Waals surface area contributed by atoms with Gasteiger partial charge in [0.2, 0.25) is 0 Å². The highest BCUT2D eigenvalue weighted by Gasteiger charge is 2.23. The third-order valence-corrected chi connectivity index (χ3v) is 4.35. The van der Waals surface area contributed by atoms with E-state index in [1.807, 2.05) is 0 Å². The van der Waals surface area contributed by atoms with Gasteiger partial charge in [-0.25, -0.2) is 19.2 Å². The van der Waals surface area contributed by atoms with E-state index in [1.54, 1.807) is 13.0 Å². The number of rotatable bonds is 6. The van der Waals surface area contributed by atoms with Crippen LogP contribution in [-0.4, -0.2) is 61.0 Å². The molecule has 12 nitrogen and oxygen atoms in total. The molecule has 2 heterocycles. The first-order chi connectivity index (χ1) is 14.7. The van der Waals surface area contributed by atoms with E-state index in [2.05, 4.69) is 9.47 Å². The van der Waals surface area contributed by atoms with Gasteiger partial charge in [-0.05, 0) is 36.8 Å². The van der Waals surface area contributed by atoms with E-state index in [9.17, 15) is 29.4 Å². The Labute approximate surface area is 175 Å². The molecule has 0 atom stereocenters. The van der Waals surface area contributed by atoms with Crippen LogP contribution in [0.3, 0.4) is 0 Å². The molecule has 0 bridgehead atoms. The SMILES string of the molecule is Cc1ccc(N(C/C=C2/COC(=O)O2)C(=O)O)cc1N(C/C=C1/COC(=O)O1)C(=O)O. The Kier molecular flexibility index (Phi) is 6.29. The highest BCUT2D eigenvalue weighted by molar-refractivity contribution is 5.91. The zero-order valence-corrected chi connectivity index (χ0v) is 16.3. The van der Waals surface area contributed by atoms with Crippen molar-refractivity contribution in [1.82, 2.24) is 0 Å². The molecule has 2 aliphatic heterocycles. The number of amides is 2. The molecule has 2 saturated heterocycles. The van der Waals surface area contributed by atoms with Crippen LogP contribution in [0.2, 0.25) is 0 Å². The van der Waals surface area contributed by atoms with E-state index in [0.29, 0.717) is 5.56 Å². The molecular formula is C19H18N2O10. The lowest BCUT2D eigenvalue weighted by molar-refractivity contribution is 0.135. The molecule has 31 heavy (non-hydrogen) atoms. The summed E-state index contributed by atoms with van der Waals surface area (Å²) in [5.41, 5.74) is 1.01. The number of nitrogens with zero attached hydrogens (tertiary/aromatic N) is 2. The average Bonchev–Trinajstić information content (AvgIpc) is 3.31. The van der Waals surface area contributed by atoms with Gasteiger partial charge in [-0.2, -0.15) is 0 Å². The molecule has 0 saturated carbocycles. The normalized spacial score (nSPS) is 17.7. The van der Waals surface area contributed by atoms with Crippen molar-refractivity contribution in [3.63, 3.8) is 0 Å². The van der Waals surface area contributed by atoms with E-state index in [0.717, 1.165) is 9.80 Å². The number of carboxylic acid groups (broad SMARTS) is 2. The smallest absolute Gasteiger partial charge is 0.465 e. The van der Waals surface area contributed by atoms with E-state index in [1.165, 1.54) is 24.3 Å². The van der Waals surface area contributed by atoms with Gasteiger partial charge in [-0.15, -0.1) is 0 Å². The number of carbonyl (C=O) groups excluding carboxylic acids is 2. The molecule has 2 fully saturated rings. The van der Waals surface area contributed by atoms with Gasteiger partial charge in [0.05, 0.1) is 18.8 Å². The second-order valence-corrected chi connectivity index (χ2v) is 6.38. The van der Waals surface area contributed by atoms with Gasteiger partial charge in [-0.3, -0.25) is 9.80 Å². The van der Waals surface area contributed by atoms with Crippen LogP contribution in [0.4, 0.5) is 30.6 Å². The Morgan fingerprint density at radius 1 is 0.935 bits per heavy atom. The van der Waals surface area contributed by atoms with Gasteiger partial charge >= 0.3 is 24.5 Å². The third-order valence-electron chi connectivity index (χ3n) is 4.35. The van der Waals surface area contributed by atoms with Gasteiger partial charge in [0.15, 0.2) is 13.2 Å². The quantitative estimate of drug-likeness (QED) is 0.639. The first-order valence-electron chi connectivity index (χ1n) is 8.93. The molecule has 164 valence electrons. The number of hydrogen-bond donors (Lipinski definition) is 2. The predicted molar refractivity (Wildman–Crippen MR) is 103 cm³/mol. The van der Waals surface area contributed by atoms with Crippen LogP contribution in [-0.2, 0) is 18.9 Å². The summed E-state index contributed by atoms with van der Waals surface area (Å²) in [6, 6.07) is 4.50. The second kappa shape index (κ2) is 9.07. The van der Waals surface area contributed by atoms with Gasteiger partial charge < -0.3 is 29.2 Å². The van der Waals surface area contributed by atoms with Crippen LogP contribution in [0.15, 0.2) is 41.9 Å². The number of ether oxygens (including phenoxy) is 4. The minimum atomic E-state index is -1.30. The number of benzene rings is 1. The second-order valence-electron chi connectivity index (χ2n) is 6.38. The summed E-state index contributed by atoms with van der Waals surface area (Å²) in [6.45, 7) is 1.16. The molecule has 2 aliphatic rings. The fraction of sp³-hybridized carbons (Fsp3) is 0.263. The molecule has 0 spiro atoms. The highest BCUT2D eigenvalue weighted by Crippen LogP contribution is 2.28. The molecule has 0 radical (unpaired) electrons. The molecule has 1 aromatic carbocycles. The molecule has 1 aromatic rings. The lowest BCUT2D eigenvalue weighted by atomic mass is 10.1. The first kappa shape index (κ1) is 21.5. The van der Waals surface area contributed by atoms with Gasteiger partial charge in [0.25, 0.3) is 0 Å². The minimum Gasteiger partial charge on any atom is -0.465 e. The fourth-order valence-electron chi connectivity index (χ4n) is 2.81. The van der Waals surface area contributed by atoms with E-state index >= 15 is 0 Å². The van der Waals surface area contributed by atoms with Crippen LogP contribution in [0.25, 0.3) is 0 Å². The summed E-state index contributed by atoms with van der Waals surface area (Å²) in [7, 11) is 0. The number of carbonyl (C=O) groups is 4. The van der Waals surface area contributed by atoms with E-state index < -0.39 is 24.5 Å².